The van der Waals surface area contributed by atoms with Gasteiger partial charge in [-0.05, 0) is 32.2 Å². The molecule has 0 aromatic rings. The molecule has 1 heteroatoms. The molecule has 1 nitrogen and oxygen atoms in total. The van der Waals surface area contributed by atoms with Gasteiger partial charge in [0.25, 0.3) is 0 Å². The van der Waals surface area contributed by atoms with Crippen LogP contribution in [0.1, 0.15) is 46.0 Å². The molecule has 0 bridgehead atoms. The Morgan fingerprint density at radius 2 is 1.91 bits per heavy atom. The third kappa shape index (κ3) is 2.82. The minimum Gasteiger partial charge on any atom is -0.314 e. The standard InChI is InChI=1S/C10H21N/c1-3-11-9(2)10-7-5-4-6-8-10/h9-11H,3-8H2,1-2H3/t9-/m1/s1. The Morgan fingerprint density at radius 1 is 1.27 bits per heavy atom. The molecule has 0 radical (unpaired) electrons. The lowest BCUT2D eigenvalue weighted by Gasteiger charge is -2.27. The molecule has 1 atom stereocenters. The second-order valence-electron chi connectivity index (χ2n) is 3.74. The Kier molecular flexibility index (Phi) is 3.92. The van der Waals surface area contributed by atoms with E-state index in [4.69, 9.17) is 0 Å². The molecule has 1 aliphatic rings. The predicted octanol–water partition coefficient (Wildman–Crippen LogP) is 2.56. The highest BCUT2D eigenvalue weighted by atomic mass is 14.9. The lowest BCUT2D eigenvalue weighted by Crippen LogP contribution is -2.34. The van der Waals surface area contributed by atoms with Crippen LogP contribution in [0.4, 0.5) is 0 Å². The molecule has 1 N–H and O–H groups in total. The van der Waals surface area contributed by atoms with E-state index in [2.05, 4.69) is 19.2 Å². The van der Waals surface area contributed by atoms with Crippen LogP contribution >= 0.6 is 0 Å². The highest BCUT2D eigenvalue weighted by molar-refractivity contribution is 4.74. The first-order valence-corrected chi connectivity index (χ1v) is 5.08. The average Bonchev–Trinajstić information content (AvgIpc) is 2.07. The van der Waals surface area contributed by atoms with Crippen molar-refractivity contribution in [3.63, 3.8) is 0 Å². The first kappa shape index (κ1) is 9.05. The van der Waals surface area contributed by atoms with E-state index < -0.39 is 0 Å². The third-order valence-electron chi connectivity index (χ3n) is 2.88. The maximum absolute atomic E-state index is 3.52. The molecule has 0 aliphatic heterocycles. The molecule has 0 saturated heterocycles. The van der Waals surface area contributed by atoms with Crippen molar-refractivity contribution < 1.29 is 0 Å². The van der Waals surface area contributed by atoms with Gasteiger partial charge < -0.3 is 5.32 Å². The topological polar surface area (TPSA) is 12.0 Å². The summed E-state index contributed by atoms with van der Waals surface area (Å²) >= 11 is 0. The van der Waals surface area contributed by atoms with Crippen LogP contribution in [0, 0.1) is 5.92 Å². The van der Waals surface area contributed by atoms with E-state index in [-0.39, 0.29) is 0 Å². The molecule has 1 fully saturated rings. The van der Waals surface area contributed by atoms with Crippen molar-refractivity contribution in [2.75, 3.05) is 6.54 Å². The van der Waals surface area contributed by atoms with E-state index in [0.717, 1.165) is 18.5 Å². The number of hydrogen-bond donors (Lipinski definition) is 1. The average molecular weight is 155 g/mol. The normalized spacial score (nSPS) is 23.5. The van der Waals surface area contributed by atoms with Crippen LogP contribution in [0.25, 0.3) is 0 Å². The molecular weight excluding hydrogens is 134 g/mol. The van der Waals surface area contributed by atoms with Crippen LogP contribution in [0.3, 0.4) is 0 Å². The zero-order valence-corrected chi connectivity index (χ0v) is 7.90. The number of nitrogens with one attached hydrogen (secondary N) is 1. The summed E-state index contributed by atoms with van der Waals surface area (Å²) in [6.45, 7) is 5.65. The first-order chi connectivity index (χ1) is 5.34. The van der Waals surface area contributed by atoms with Gasteiger partial charge in [-0.25, -0.2) is 0 Å². The fraction of sp³-hybridized carbons (Fsp3) is 1.00. The van der Waals surface area contributed by atoms with Gasteiger partial charge in [-0.3, -0.25) is 0 Å². The van der Waals surface area contributed by atoms with E-state index in [0.29, 0.717) is 0 Å². The molecule has 0 heterocycles. The molecule has 1 rings (SSSR count). The minimum absolute atomic E-state index is 0.750. The summed E-state index contributed by atoms with van der Waals surface area (Å²) in [6, 6.07) is 0.750. The molecule has 1 saturated carbocycles. The van der Waals surface area contributed by atoms with Gasteiger partial charge >= 0.3 is 0 Å². The largest absolute Gasteiger partial charge is 0.314 e. The fourth-order valence-corrected chi connectivity index (χ4v) is 2.12. The molecule has 0 amide bonds. The Morgan fingerprint density at radius 3 is 2.45 bits per heavy atom. The summed E-state index contributed by atoms with van der Waals surface area (Å²) in [7, 11) is 0. The van der Waals surface area contributed by atoms with Gasteiger partial charge in [0.05, 0.1) is 0 Å². The van der Waals surface area contributed by atoms with Crippen LogP contribution in [0.2, 0.25) is 0 Å². The monoisotopic (exact) mass is 155 g/mol. The second kappa shape index (κ2) is 4.76. The summed E-state index contributed by atoms with van der Waals surface area (Å²) < 4.78 is 0. The number of hydrogen-bond acceptors (Lipinski definition) is 1. The van der Waals surface area contributed by atoms with E-state index >= 15 is 0 Å². The van der Waals surface area contributed by atoms with Gasteiger partial charge in [0.2, 0.25) is 0 Å². The van der Waals surface area contributed by atoms with Crippen molar-refractivity contribution in [3.05, 3.63) is 0 Å². The van der Waals surface area contributed by atoms with Gasteiger partial charge in [0, 0.05) is 6.04 Å². The first-order valence-electron chi connectivity index (χ1n) is 5.08. The van der Waals surface area contributed by atoms with Crippen LogP contribution in [0.5, 0.6) is 0 Å². The van der Waals surface area contributed by atoms with Crippen molar-refractivity contribution in [1.29, 1.82) is 0 Å². The van der Waals surface area contributed by atoms with Crippen LogP contribution in [-0.4, -0.2) is 12.6 Å². The van der Waals surface area contributed by atoms with Crippen molar-refractivity contribution in [2.24, 2.45) is 5.92 Å². The predicted molar refractivity (Wildman–Crippen MR) is 49.7 cm³/mol. The quantitative estimate of drug-likeness (QED) is 0.660. The van der Waals surface area contributed by atoms with Crippen LogP contribution < -0.4 is 5.32 Å². The van der Waals surface area contributed by atoms with Gasteiger partial charge in [0.15, 0.2) is 0 Å². The molecule has 0 unspecified atom stereocenters. The van der Waals surface area contributed by atoms with E-state index in [1.165, 1.54) is 32.1 Å². The molecule has 0 aromatic carbocycles. The summed E-state index contributed by atoms with van der Waals surface area (Å²) in [5, 5.41) is 3.52. The molecule has 11 heavy (non-hydrogen) atoms. The lowest BCUT2D eigenvalue weighted by atomic mass is 9.84. The summed E-state index contributed by atoms with van der Waals surface area (Å²) in [5.41, 5.74) is 0. The summed E-state index contributed by atoms with van der Waals surface area (Å²) in [4.78, 5) is 0. The highest BCUT2D eigenvalue weighted by Gasteiger charge is 2.18. The second-order valence-corrected chi connectivity index (χ2v) is 3.74. The van der Waals surface area contributed by atoms with Gasteiger partial charge in [-0.15, -0.1) is 0 Å². The smallest absolute Gasteiger partial charge is 0.00668 e. The summed E-state index contributed by atoms with van der Waals surface area (Å²) in [6.07, 6.45) is 7.29. The number of rotatable bonds is 3. The van der Waals surface area contributed by atoms with Gasteiger partial charge in [-0.1, -0.05) is 26.2 Å². The summed E-state index contributed by atoms with van der Waals surface area (Å²) in [5.74, 6) is 0.962. The minimum atomic E-state index is 0.750. The van der Waals surface area contributed by atoms with Crippen LogP contribution in [0.15, 0.2) is 0 Å². The Balaban J connectivity index is 2.21. The molecule has 0 spiro atoms. The van der Waals surface area contributed by atoms with Crippen molar-refractivity contribution >= 4 is 0 Å². The van der Waals surface area contributed by atoms with E-state index in [1.54, 1.807) is 0 Å². The highest BCUT2D eigenvalue weighted by Crippen LogP contribution is 2.25. The maximum atomic E-state index is 3.52. The van der Waals surface area contributed by atoms with Crippen molar-refractivity contribution in [3.8, 4) is 0 Å². The fourth-order valence-electron chi connectivity index (χ4n) is 2.12. The molecule has 66 valence electrons. The Hall–Kier alpha value is -0.0400. The van der Waals surface area contributed by atoms with Crippen LogP contribution in [-0.2, 0) is 0 Å². The van der Waals surface area contributed by atoms with E-state index in [9.17, 15) is 0 Å². The molecule has 1 aliphatic carbocycles. The van der Waals surface area contributed by atoms with Crippen molar-refractivity contribution in [1.82, 2.24) is 5.32 Å². The zero-order valence-electron chi connectivity index (χ0n) is 7.90. The third-order valence-corrected chi connectivity index (χ3v) is 2.88. The zero-order chi connectivity index (χ0) is 8.10. The Bertz CT molecular complexity index is 95.0. The van der Waals surface area contributed by atoms with E-state index in [1.807, 2.05) is 0 Å². The molecular formula is C10H21N. The lowest BCUT2D eigenvalue weighted by molar-refractivity contribution is 0.284. The maximum Gasteiger partial charge on any atom is 0.00668 e. The molecule has 0 aromatic heterocycles. The SMILES string of the molecule is CCN[C@H](C)C1CCCCC1. The van der Waals surface area contributed by atoms with Gasteiger partial charge in [-0.2, -0.15) is 0 Å². The van der Waals surface area contributed by atoms with Crippen molar-refractivity contribution in [2.45, 2.75) is 52.0 Å². The van der Waals surface area contributed by atoms with Gasteiger partial charge in [0.1, 0.15) is 0 Å². The Labute approximate surface area is 70.6 Å².